The van der Waals surface area contributed by atoms with Gasteiger partial charge < -0.3 is 24.6 Å². The SMILES string of the molecule is COc1cc(N2CCCN(C(=O)O)CC2)c(F)cc1-c1nc2c(C)nn(-c3ccccc3)c2c(=O)[nH]1. The number of nitrogens with zero attached hydrogens (tertiary/aromatic N) is 5. The van der Waals surface area contributed by atoms with Gasteiger partial charge >= 0.3 is 6.09 Å². The van der Waals surface area contributed by atoms with Crippen LogP contribution < -0.4 is 15.2 Å². The van der Waals surface area contributed by atoms with E-state index in [4.69, 9.17) is 4.74 Å². The summed E-state index contributed by atoms with van der Waals surface area (Å²) >= 11 is 0. The Bertz CT molecular complexity index is 1500. The van der Waals surface area contributed by atoms with E-state index >= 15 is 4.39 Å². The first-order chi connectivity index (χ1) is 17.4. The smallest absolute Gasteiger partial charge is 0.407 e. The lowest BCUT2D eigenvalue weighted by Gasteiger charge is -2.24. The molecule has 11 heteroatoms. The number of hydrogen-bond acceptors (Lipinski definition) is 6. The maximum Gasteiger partial charge on any atom is 0.407 e. The molecule has 0 unspecified atom stereocenters. The molecule has 1 aliphatic heterocycles. The number of carbonyl (C=O) groups is 1. The number of para-hydroxylation sites is 1. The number of aromatic nitrogens is 4. The van der Waals surface area contributed by atoms with Crippen molar-refractivity contribution in [2.45, 2.75) is 13.3 Å². The van der Waals surface area contributed by atoms with E-state index in [0.29, 0.717) is 59.8 Å². The molecule has 36 heavy (non-hydrogen) atoms. The second-order valence-corrected chi connectivity index (χ2v) is 8.56. The van der Waals surface area contributed by atoms with Crippen LogP contribution in [0, 0.1) is 12.7 Å². The Labute approximate surface area is 205 Å². The molecule has 5 rings (SSSR count). The number of aromatic amines is 1. The highest BCUT2D eigenvalue weighted by atomic mass is 19.1. The van der Waals surface area contributed by atoms with Crippen molar-refractivity contribution in [2.75, 3.05) is 38.2 Å². The Morgan fingerprint density at radius 1 is 1.14 bits per heavy atom. The molecule has 3 heterocycles. The van der Waals surface area contributed by atoms with Crippen LogP contribution in [0.2, 0.25) is 0 Å². The minimum absolute atomic E-state index is 0.165. The lowest BCUT2D eigenvalue weighted by molar-refractivity contribution is 0.148. The number of amides is 1. The van der Waals surface area contributed by atoms with Gasteiger partial charge in [0.1, 0.15) is 22.9 Å². The first-order valence-electron chi connectivity index (χ1n) is 11.5. The third kappa shape index (κ3) is 4.12. The maximum absolute atomic E-state index is 15.4. The predicted octanol–water partition coefficient (Wildman–Crippen LogP) is 3.42. The number of fused-ring (bicyclic) bond motifs is 1. The third-order valence-corrected chi connectivity index (χ3v) is 6.33. The van der Waals surface area contributed by atoms with Crippen molar-refractivity contribution in [1.29, 1.82) is 0 Å². The lowest BCUT2D eigenvalue weighted by atomic mass is 10.1. The second-order valence-electron chi connectivity index (χ2n) is 8.56. The van der Waals surface area contributed by atoms with E-state index < -0.39 is 17.5 Å². The van der Waals surface area contributed by atoms with Crippen molar-refractivity contribution in [3.05, 3.63) is 64.3 Å². The van der Waals surface area contributed by atoms with Gasteiger partial charge in [-0.1, -0.05) is 18.2 Å². The van der Waals surface area contributed by atoms with Crippen LogP contribution in [0.25, 0.3) is 28.1 Å². The fourth-order valence-electron chi connectivity index (χ4n) is 4.54. The highest BCUT2D eigenvalue weighted by Gasteiger charge is 2.24. The van der Waals surface area contributed by atoms with Crippen LogP contribution >= 0.6 is 0 Å². The Hall–Kier alpha value is -4.41. The van der Waals surface area contributed by atoms with Crippen molar-refractivity contribution >= 4 is 22.8 Å². The quantitative estimate of drug-likeness (QED) is 0.448. The van der Waals surface area contributed by atoms with E-state index in [1.807, 2.05) is 30.3 Å². The van der Waals surface area contributed by atoms with Crippen molar-refractivity contribution in [3.8, 4) is 22.8 Å². The fraction of sp³-hybridized carbons (Fsp3) is 0.280. The van der Waals surface area contributed by atoms with Crippen LogP contribution in [-0.4, -0.2) is 69.1 Å². The molecule has 2 aromatic heterocycles. The van der Waals surface area contributed by atoms with Crippen LogP contribution in [0.5, 0.6) is 5.75 Å². The highest BCUT2D eigenvalue weighted by molar-refractivity contribution is 5.81. The molecule has 0 saturated carbocycles. The van der Waals surface area contributed by atoms with E-state index in [9.17, 15) is 14.7 Å². The van der Waals surface area contributed by atoms with Gasteiger partial charge in [0.25, 0.3) is 5.56 Å². The van der Waals surface area contributed by atoms with E-state index in [1.54, 1.807) is 22.6 Å². The molecule has 1 fully saturated rings. The van der Waals surface area contributed by atoms with Crippen LogP contribution in [0.3, 0.4) is 0 Å². The van der Waals surface area contributed by atoms with Crippen molar-refractivity contribution in [2.24, 2.45) is 0 Å². The van der Waals surface area contributed by atoms with E-state index in [2.05, 4.69) is 15.1 Å². The van der Waals surface area contributed by atoms with Crippen LogP contribution in [0.15, 0.2) is 47.3 Å². The summed E-state index contributed by atoms with van der Waals surface area (Å²) < 4.78 is 22.5. The summed E-state index contributed by atoms with van der Waals surface area (Å²) in [5, 5.41) is 13.8. The molecular formula is C25H25FN6O4. The zero-order valence-electron chi connectivity index (χ0n) is 19.9. The van der Waals surface area contributed by atoms with Gasteiger partial charge in [-0.25, -0.2) is 18.9 Å². The summed E-state index contributed by atoms with van der Waals surface area (Å²) in [5.74, 6) is -0.0196. The molecule has 0 aliphatic carbocycles. The number of halogens is 1. The molecule has 0 radical (unpaired) electrons. The van der Waals surface area contributed by atoms with Gasteiger partial charge in [0.2, 0.25) is 0 Å². The Morgan fingerprint density at radius 3 is 2.64 bits per heavy atom. The average Bonchev–Trinajstić information content (AvgIpc) is 3.04. The second kappa shape index (κ2) is 9.33. The molecule has 1 aliphatic rings. The largest absolute Gasteiger partial charge is 0.496 e. The number of rotatable bonds is 4. The third-order valence-electron chi connectivity index (χ3n) is 6.33. The Kier molecular flexibility index (Phi) is 6.05. The summed E-state index contributed by atoms with van der Waals surface area (Å²) in [7, 11) is 1.46. The molecule has 0 bridgehead atoms. The van der Waals surface area contributed by atoms with E-state index in [0.717, 1.165) is 5.69 Å². The summed E-state index contributed by atoms with van der Waals surface area (Å²) in [6, 6.07) is 12.1. The number of carboxylic acid groups (broad SMARTS) is 1. The molecule has 186 valence electrons. The number of anilines is 1. The molecule has 1 saturated heterocycles. The normalized spacial score (nSPS) is 14.2. The minimum Gasteiger partial charge on any atom is -0.496 e. The average molecular weight is 493 g/mol. The van der Waals surface area contributed by atoms with Crippen LogP contribution in [0.4, 0.5) is 14.9 Å². The number of nitrogens with one attached hydrogen (secondary N) is 1. The van der Waals surface area contributed by atoms with E-state index in [1.165, 1.54) is 18.1 Å². The molecule has 2 N–H and O–H groups in total. The van der Waals surface area contributed by atoms with Gasteiger partial charge in [0.15, 0.2) is 5.52 Å². The summed E-state index contributed by atoms with van der Waals surface area (Å²) in [6.07, 6.45) is -0.409. The van der Waals surface area contributed by atoms with Crippen LogP contribution in [0.1, 0.15) is 12.1 Å². The number of benzene rings is 2. The number of ether oxygens (including phenoxy) is 1. The van der Waals surface area contributed by atoms with Gasteiger partial charge in [-0.05, 0) is 31.5 Å². The van der Waals surface area contributed by atoms with Crippen molar-refractivity contribution in [3.63, 3.8) is 0 Å². The molecule has 0 spiro atoms. The van der Waals surface area contributed by atoms with Gasteiger partial charge in [0, 0.05) is 32.2 Å². The zero-order valence-corrected chi connectivity index (χ0v) is 19.9. The first-order valence-corrected chi connectivity index (χ1v) is 11.5. The molecule has 0 atom stereocenters. The molecule has 10 nitrogen and oxygen atoms in total. The number of hydrogen-bond donors (Lipinski definition) is 2. The van der Waals surface area contributed by atoms with Gasteiger partial charge in [-0.2, -0.15) is 5.10 Å². The molecular weight excluding hydrogens is 467 g/mol. The minimum atomic E-state index is -0.985. The fourth-order valence-corrected chi connectivity index (χ4v) is 4.54. The number of H-pyrrole nitrogens is 1. The molecule has 4 aromatic rings. The van der Waals surface area contributed by atoms with Gasteiger partial charge in [0.05, 0.1) is 29.7 Å². The Morgan fingerprint density at radius 2 is 1.92 bits per heavy atom. The predicted molar refractivity (Wildman–Crippen MR) is 133 cm³/mol. The summed E-state index contributed by atoms with van der Waals surface area (Å²) in [4.78, 5) is 35.0. The van der Waals surface area contributed by atoms with Crippen molar-refractivity contribution < 1.29 is 19.0 Å². The highest BCUT2D eigenvalue weighted by Crippen LogP contribution is 2.35. The topological polar surface area (TPSA) is 117 Å². The van der Waals surface area contributed by atoms with Gasteiger partial charge in [-0.15, -0.1) is 0 Å². The molecule has 2 aromatic carbocycles. The summed E-state index contributed by atoms with van der Waals surface area (Å²) in [5.41, 5.74) is 2.18. The van der Waals surface area contributed by atoms with Crippen LogP contribution in [-0.2, 0) is 0 Å². The monoisotopic (exact) mass is 492 g/mol. The first kappa shape index (κ1) is 23.3. The van der Waals surface area contributed by atoms with Crippen molar-refractivity contribution in [1.82, 2.24) is 24.6 Å². The zero-order chi connectivity index (χ0) is 25.4. The Balaban J connectivity index is 1.56. The molecule has 1 amide bonds. The number of methoxy groups -OCH3 is 1. The van der Waals surface area contributed by atoms with E-state index in [-0.39, 0.29) is 12.4 Å². The maximum atomic E-state index is 15.4. The summed E-state index contributed by atoms with van der Waals surface area (Å²) in [6.45, 7) is 3.28. The standard InChI is InChI=1S/C25H25FN6O4/c1-15-21-22(32(29-15)16-7-4-3-5-8-16)24(33)28-23(27-21)17-13-18(26)19(14-20(17)36-2)30-9-6-10-31(12-11-30)25(34)35/h3-5,7-8,13-14H,6,9-12H2,1-2H3,(H,34,35)(H,27,28,33). The number of aryl methyl sites for hydroxylation is 1. The van der Waals surface area contributed by atoms with Gasteiger partial charge in [-0.3, -0.25) is 4.79 Å². The lowest BCUT2D eigenvalue weighted by Crippen LogP contribution is -2.34.